The molecule has 9 N–H and O–H groups in total. The monoisotopic (exact) mass is 1270 g/mol. The molecule has 0 aliphatic heterocycles. The number of hydrogen-bond donors (Lipinski definition) is 9. The maximum atomic E-state index is 13.6. The molecule has 0 saturated heterocycles. The van der Waals surface area contributed by atoms with Crippen LogP contribution < -0.4 is 26.4 Å². The Bertz CT molecular complexity index is 1890. The van der Waals surface area contributed by atoms with Gasteiger partial charge in [0.2, 0.25) is 17.9 Å². The fraction of sp³-hybridized carbons (Fsp3) is 0.869. The van der Waals surface area contributed by atoms with Crippen molar-refractivity contribution in [3.63, 3.8) is 0 Å². The van der Waals surface area contributed by atoms with Crippen molar-refractivity contribution < 1.29 is 82.1 Å². The van der Waals surface area contributed by atoms with Gasteiger partial charge in [-0.2, -0.15) is 0 Å². The SMILES string of the molecule is CCCCCCCCCCC(NC(=O)CCCCCCCCCCCNC(=O)[C@H](OC(C)=O)[C@@H](OC(C)=O)[C@H](OC(C)=O)[C@@H](COC(C)=O)OC(C)=O)C(=O)NCCCCCCC(CN(CCCCNB(C)O)B(C)O)CN(CCCCNB(C)O)B(C)O. The molecule has 0 aromatic carbocycles. The molecule has 512 valence electrons. The van der Waals surface area contributed by atoms with Crippen molar-refractivity contribution in [3.05, 3.63) is 0 Å². The van der Waals surface area contributed by atoms with Crippen molar-refractivity contribution in [2.45, 2.75) is 279 Å². The van der Waals surface area contributed by atoms with Crippen molar-refractivity contribution in [1.29, 1.82) is 0 Å². The molecular formula is C61H119B4N7O17. The molecule has 0 aromatic rings. The van der Waals surface area contributed by atoms with Crippen LogP contribution >= 0.6 is 0 Å². The van der Waals surface area contributed by atoms with E-state index in [2.05, 4.69) is 43.0 Å². The first-order valence-corrected chi connectivity index (χ1v) is 33.7. The number of nitrogens with one attached hydrogen (secondary N) is 5. The van der Waals surface area contributed by atoms with Gasteiger partial charge in [0.15, 0.2) is 18.3 Å². The van der Waals surface area contributed by atoms with Gasteiger partial charge in [-0.25, -0.2) is 0 Å². The number of carbonyl (C=O) groups is 8. The van der Waals surface area contributed by atoms with E-state index in [-0.39, 0.29) is 24.3 Å². The van der Waals surface area contributed by atoms with Crippen molar-refractivity contribution in [3.8, 4) is 0 Å². The average molecular weight is 1270 g/mol. The number of ether oxygens (including phenoxy) is 5. The Balaban J connectivity index is 5.31. The van der Waals surface area contributed by atoms with Gasteiger partial charge < -0.3 is 79.8 Å². The van der Waals surface area contributed by atoms with Gasteiger partial charge in [0.25, 0.3) is 5.91 Å². The standard InChI is InChI=1S/C61H119B4N7O17/c1-11-12-13-14-15-19-22-28-37-54(60(79)66-39-31-26-24-27-36-53(45-71(64(9)83)43-34-32-41-68-62(7)81)46-72(65(10)84)44-35-33-42-69-63(8)82)70-56(78)38-29-23-20-17-16-18-21-25-30-40-67-61(80)59(89-52(6)77)58(88-51(5)76)57(87-50(4)75)55(86-49(3)74)47-85-48(2)73/h53-55,57-59,68-69,81-84H,11-47H2,1-10H3,(H,66,79)(H,67,80)(H,70,78)/t54?,55-,57-,58+,59-/m1/s1. The van der Waals surface area contributed by atoms with Crippen LogP contribution in [0.4, 0.5) is 0 Å². The third-order valence-electron chi connectivity index (χ3n) is 15.3. The first-order valence-electron chi connectivity index (χ1n) is 33.7. The van der Waals surface area contributed by atoms with Gasteiger partial charge in [0, 0.05) is 54.1 Å². The lowest BCUT2D eigenvalue weighted by Crippen LogP contribution is -2.57. The number of hydrogen-bond acceptors (Lipinski definition) is 21. The van der Waals surface area contributed by atoms with Gasteiger partial charge in [-0.3, -0.25) is 38.4 Å². The molecule has 0 saturated carbocycles. The van der Waals surface area contributed by atoms with E-state index >= 15 is 0 Å². The highest BCUT2D eigenvalue weighted by Crippen LogP contribution is 2.22. The van der Waals surface area contributed by atoms with Crippen LogP contribution in [0.25, 0.3) is 0 Å². The summed E-state index contributed by atoms with van der Waals surface area (Å²) in [5, 5.41) is 55.7. The van der Waals surface area contributed by atoms with Gasteiger partial charge in [-0.15, -0.1) is 0 Å². The van der Waals surface area contributed by atoms with E-state index in [1.165, 1.54) is 32.1 Å². The number of nitrogens with zero attached hydrogens (tertiary/aromatic N) is 2. The fourth-order valence-corrected chi connectivity index (χ4v) is 10.6. The number of amides is 3. The fourth-order valence-electron chi connectivity index (χ4n) is 10.6. The Labute approximate surface area is 535 Å². The Kier molecular flexibility index (Phi) is 51.7. The normalized spacial score (nSPS) is 13.0. The van der Waals surface area contributed by atoms with E-state index in [4.69, 9.17) is 23.7 Å². The number of rotatable bonds is 58. The number of esters is 5. The van der Waals surface area contributed by atoms with Crippen LogP contribution in [0.2, 0.25) is 27.3 Å². The zero-order chi connectivity index (χ0) is 66.8. The quantitative estimate of drug-likeness (QED) is 0.0151. The molecule has 0 radical (unpaired) electrons. The largest absolute Gasteiger partial charge is 0.462 e. The zero-order valence-corrected chi connectivity index (χ0v) is 56.4. The summed E-state index contributed by atoms with van der Waals surface area (Å²) in [7, 11) is -2.39. The second-order valence-corrected chi connectivity index (χ2v) is 24.0. The van der Waals surface area contributed by atoms with E-state index in [1.54, 1.807) is 27.3 Å². The second-order valence-electron chi connectivity index (χ2n) is 24.0. The lowest BCUT2D eigenvalue weighted by Gasteiger charge is -2.34. The van der Waals surface area contributed by atoms with Crippen molar-refractivity contribution in [1.82, 2.24) is 36.0 Å². The van der Waals surface area contributed by atoms with Crippen LogP contribution in [0.3, 0.4) is 0 Å². The predicted octanol–water partition coefficient (Wildman–Crippen LogP) is 5.78. The molecule has 0 aliphatic rings. The summed E-state index contributed by atoms with van der Waals surface area (Å²) in [6.07, 6.45) is 18.8. The maximum Gasteiger partial charge on any atom is 0.376 e. The van der Waals surface area contributed by atoms with Gasteiger partial charge in [0.1, 0.15) is 12.6 Å². The third kappa shape index (κ3) is 48.2. The van der Waals surface area contributed by atoms with E-state index in [1.807, 2.05) is 0 Å². The number of unbranched alkanes of at least 4 members (excludes halogenated alkanes) is 20. The van der Waals surface area contributed by atoms with Gasteiger partial charge >= 0.3 is 58.0 Å². The lowest BCUT2D eigenvalue weighted by molar-refractivity contribution is -0.203. The summed E-state index contributed by atoms with van der Waals surface area (Å²) in [6.45, 7) is 18.7. The minimum absolute atomic E-state index is 0.118. The zero-order valence-electron chi connectivity index (χ0n) is 56.4. The molecule has 24 nitrogen and oxygen atoms in total. The Hall–Kier alpha value is -4.30. The topological polar surface area (TPSA) is 330 Å². The number of carbonyl (C=O) groups excluding carboxylic acids is 8. The molecule has 0 aromatic heterocycles. The Morgan fingerprint density at radius 3 is 1.28 bits per heavy atom. The van der Waals surface area contributed by atoms with Crippen LogP contribution in [-0.4, -0.2) is 195 Å². The van der Waals surface area contributed by atoms with Crippen LogP contribution in [-0.2, 0) is 62.0 Å². The molecule has 0 aliphatic carbocycles. The average Bonchev–Trinajstić information content (AvgIpc) is 1.75. The minimum atomic E-state index is -1.84. The summed E-state index contributed by atoms with van der Waals surface area (Å²) >= 11 is 0. The summed E-state index contributed by atoms with van der Waals surface area (Å²) in [5.41, 5.74) is 0. The first kappa shape index (κ1) is 84.7. The van der Waals surface area contributed by atoms with E-state index < -0.39 is 101 Å². The smallest absolute Gasteiger partial charge is 0.376 e. The predicted molar refractivity (Wildman–Crippen MR) is 350 cm³/mol. The van der Waals surface area contributed by atoms with Crippen LogP contribution in [0.1, 0.15) is 221 Å². The minimum Gasteiger partial charge on any atom is -0.462 e. The van der Waals surface area contributed by atoms with Crippen molar-refractivity contribution >= 4 is 75.8 Å². The van der Waals surface area contributed by atoms with Gasteiger partial charge in [-0.1, -0.05) is 122 Å². The highest BCUT2D eigenvalue weighted by atomic mass is 16.6. The molecule has 0 rings (SSSR count). The summed E-state index contributed by atoms with van der Waals surface area (Å²) in [5.74, 6) is -5.30. The molecule has 1 unspecified atom stereocenters. The molecule has 0 bridgehead atoms. The van der Waals surface area contributed by atoms with Crippen LogP contribution in [0.5, 0.6) is 0 Å². The molecule has 89 heavy (non-hydrogen) atoms. The highest BCUT2D eigenvalue weighted by molar-refractivity contribution is 6.46. The summed E-state index contributed by atoms with van der Waals surface area (Å²) < 4.78 is 26.3. The van der Waals surface area contributed by atoms with Gasteiger partial charge in [0.05, 0.1) is 0 Å². The van der Waals surface area contributed by atoms with Crippen LogP contribution in [0.15, 0.2) is 0 Å². The summed E-state index contributed by atoms with van der Waals surface area (Å²) in [4.78, 5) is 105. The lowest BCUT2D eigenvalue weighted by atomic mass is 9.80. The second kappa shape index (κ2) is 54.3. The van der Waals surface area contributed by atoms with E-state index in [0.717, 1.165) is 157 Å². The van der Waals surface area contributed by atoms with Crippen molar-refractivity contribution in [2.75, 3.05) is 59.0 Å². The molecule has 28 heteroatoms. The Morgan fingerprint density at radius 2 is 0.843 bits per heavy atom. The maximum absolute atomic E-state index is 13.6. The van der Waals surface area contributed by atoms with Crippen LogP contribution in [0, 0.1) is 5.92 Å². The molecule has 5 atom stereocenters. The van der Waals surface area contributed by atoms with E-state index in [9.17, 15) is 58.5 Å². The molecule has 0 heterocycles. The molecule has 0 spiro atoms. The highest BCUT2D eigenvalue weighted by Gasteiger charge is 2.47. The Morgan fingerprint density at radius 1 is 0.438 bits per heavy atom. The molecule has 3 amide bonds. The third-order valence-corrected chi connectivity index (χ3v) is 15.3. The summed E-state index contributed by atoms with van der Waals surface area (Å²) in [6, 6.07) is -0.589. The first-order chi connectivity index (χ1) is 42.4. The molecule has 0 fully saturated rings. The van der Waals surface area contributed by atoms with Crippen molar-refractivity contribution in [2.24, 2.45) is 5.92 Å². The molecular weight excluding hydrogens is 1150 g/mol. The van der Waals surface area contributed by atoms with E-state index in [0.29, 0.717) is 71.5 Å². The van der Waals surface area contributed by atoms with Gasteiger partial charge in [-0.05, 0) is 130 Å².